The van der Waals surface area contributed by atoms with E-state index >= 15 is 0 Å². The third-order valence-corrected chi connectivity index (χ3v) is 3.48. The third kappa shape index (κ3) is 6.00. The molecule has 0 amide bonds. The van der Waals surface area contributed by atoms with Gasteiger partial charge in [-0.25, -0.2) is 0 Å². The number of halogens is 1. The largest absolute Gasteiger partial charge is 0.491 e. The van der Waals surface area contributed by atoms with Crippen LogP contribution in [0.25, 0.3) is 0 Å². The predicted molar refractivity (Wildman–Crippen MR) is 93.8 cm³/mol. The second kappa shape index (κ2) is 9.28. The molecule has 1 N–H and O–H groups in total. The summed E-state index contributed by atoms with van der Waals surface area (Å²) in [5.74, 6) is 1.53. The smallest absolute Gasteiger partial charge is 0.138 e. The highest BCUT2D eigenvalue weighted by Crippen LogP contribution is 2.24. The van der Waals surface area contributed by atoms with E-state index in [2.05, 4.69) is 5.32 Å². The van der Waals surface area contributed by atoms with Crippen LogP contribution in [-0.2, 0) is 4.74 Å². The molecular weight excluding hydrogens is 314 g/mol. The molecule has 0 radical (unpaired) electrons. The molecule has 124 valence electrons. The predicted octanol–water partition coefficient (Wildman–Crippen LogP) is 4.24. The van der Waals surface area contributed by atoms with Crippen LogP contribution in [0.4, 0.5) is 5.69 Å². The number of hydrogen-bond acceptors (Lipinski definition) is 4. The Morgan fingerprint density at radius 2 is 1.78 bits per heavy atom. The van der Waals surface area contributed by atoms with Crippen LogP contribution >= 0.6 is 11.6 Å². The van der Waals surface area contributed by atoms with Gasteiger partial charge in [-0.1, -0.05) is 23.7 Å². The Balaban J connectivity index is 1.77. The van der Waals surface area contributed by atoms with Crippen LogP contribution in [-0.4, -0.2) is 33.0 Å². The monoisotopic (exact) mass is 335 g/mol. The van der Waals surface area contributed by atoms with Crippen molar-refractivity contribution in [1.82, 2.24) is 0 Å². The van der Waals surface area contributed by atoms with Gasteiger partial charge in [-0.2, -0.15) is 0 Å². The van der Waals surface area contributed by atoms with Gasteiger partial charge in [0.25, 0.3) is 0 Å². The average molecular weight is 336 g/mol. The molecule has 0 aliphatic carbocycles. The maximum atomic E-state index is 6.09. The minimum absolute atomic E-state index is 0.00692. The molecule has 0 aromatic heterocycles. The van der Waals surface area contributed by atoms with Crippen LogP contribution in [0.3, 0.4) is 0 Å². The molecule has 1 unspecified atom stereocenters. The number of nitrogens with one attached hydrogen (secondary N) is 1. The molecule has 0 aliphatic heterocycles. The molecular formula is C18H22ClNO3. The third-order valence-electron chi connectivity index (χ3n) is 3.17. The van der Waals surface area contributed by atoms with Crippen molar-refractivity contribution in [3.05, 3.63) is 53.6 Å². The Bertz CT molecular complexity index is 589. The lowest BCUT2D eigenvalue weighted by Gasteiger charge is -2.17. The number of para-hydroxylation sites is 1. The minimum Gasteiger partial charge on any atom is -0.491 e. The summed E-state index contributed by atoms with van der Waals surface area (Å²) < 4.78 is 16.3. The molecule has 0 bridgehead atoms. The zero-order valence-corrected chi connectivity index (χ0v) is 14.2. The van der Waals surface area contributed by atoms with Gasteiger partial charge in [0.15, 0.2) is 0 Å². The van der Waals surface area contributed by atoms with Crippen molar-refractivity contribution < 1.29 is 14.2 Å². The standard InChI is InChI=1S/C18H22ClNO3/c1-14(23-18-6-4-3-5-17(18)19)13-20-15-7-9-16(10-8-15)22-12-11-21-2/h3-10,14,20H,11-13H2,1-2H3. The number of anilines is 1. The zero-order valence-electron chi connectivity index (χ0n) is 13.4. The number of ether oxygens (including phenoxy) is 3. The molecule has 0 heterocycles. The molecule has 0 aliphatic rings. The molecule has 2 aromatic rings. The van der Waals surface area contributed by atoms with Gasteiger partial charge in [-0.05, 0) is 43.3 Å². The first-order valence-electron chi connectivity index (χ1n) is 7.56. The highest BCUT2D eigenvalue weighted by molar-refractivity contribution is 6.32. The summed E-state index contributed by atoms with van der Waals surface area (Å²) in [7, 11) is 1.66. The van der Waals surface area contributed by atoms with Crippen LogP contribution in [0, 0.1) is 0 Å². The Kier molecular flexibility index (Phi) is 7.04. The summed E-state index contributed by atoms with van der Waals surface area (Å²) in [4.78, 5) is 0. The summed E-state index contributed by atoms with van der Waals surface area (Å²) in [5, 5.41) is 3.95. The van der Waals surface area contributed by atoms with E-state index in [0.29, 0.717) is 30.5 Å². The Morgan fingerprint density at radius 1 is 1.04 bits per heavy atom. The van der Waals surface area contributed by atoms with Gasteiger partial charge >= 0.3 is 0 Å². The van der Waals surface area contributed by atoms with Gasteiger partial charge in [0, 0.05) is 12.8 Å². The van der Waals surface area contributed by atoms with E-state index in [1.54, 1.807) is 7.11 Å². The van der Waals surface area contributed by atoms with Crippen molar-refractivity contribution in [3.63, 3.8) is 0 Å². The van der Waals surface area contributed by atoms with E-state index in [1.165, 1.54) is 0 Å². The molecule has 1 atom stereocenters. The van der Waals surface area contributed by atoms with E-state index in [0.717, 1.165) is 11.4 Å². The fraction of sp³-hybridized carbons (Fsp3) is 0.333. The first kappa shape index (κ1) is 17.4. The van der Waals surface area contributed by atoms with Gasteiger partial charge < -0.3 is 19.5 Å². The zero-order chi connectivity index (χ0) is 16.5. The number of rotatable bonds is 9. The molecule has 0 saturated heterocycles. The van der Waals surface area contributed by atoms with Crippen molar-refractivity contribution in [2.24, 2.45) is 0 Å². The molecule has 0 saturated carbocycles. The molecule has 2 rings (SSSR count). The van der Waals surface area contributed by atoms with E-state index in [1.807, 2.05) is 55.5 Å². The summed E-state index contributed by atoms with van der Waals surface area (Å²) in [6.45, 7) is 3.80. The first-order valence-corrected chi connectivity index (χ1v) is 7.93. The summed E-state index contributed by atoms with van der Waals surface area (Å²) in [6.07, 6.45) is -0.00692. The second-order valence-corrected chi connectivity index (χ2v) is 5.51. The average Bonchev–Trinajstić information content (AvgIpc) is 2.56. The van der Waals surface area contributed by atoms with Gasteiger partial charge in [-0.15, -0.1) is 0 Å². The fourth-order valence-corrected chi connectivity index (χ4v) is 2.15. The van der Waals surface area contributed by atoms with Crippen molar-refractivity contribution in [2.75, 3.05) is 32.2 Å². The summed E-state index contributed by atoms with van der Waals surface area (Å²) in [6, 6.07) is 15.3. The van der Waals surface area contributed by atoms with Crippen molar-refractivity contribution in [3.8, 4) is 11.5 Å². The Labute approximate surface area is 142 Å². The Morgan fingerprint density at radius 3 is 2.48 bits per heavy atom. The van der Waals surface area contributed by atoms with Crippen molar-refractivity contribution >= 4 is 17.3 Å². The van der Waals surface area contributed by atoms with Gasteiger partial charge in [0.2, 0.25) is 0 Å². The molecule has 4 nitrogen and oxygen atoms in total. The van der Waals surface area contributed by atoms with E-state index in [4.69, 9.17) is 25.8 Å². The van der Waals surface area contributed by atoms with E-state index in [9.17, 15) is 0 Å². The van der Waals surface area contributed by atoms with Crippen LogP contribution in [0.5, 0.6) is 11.5 Å². The molecule has 0 spiro atoms. The summed E-state index contributed by atoms with van der Waals surface area (Å²) in [5.41, 5.74) is 1.01. The van der Waals surface area contributed by atoms with Crippen LogP contribution in [0.15, 0.2) is 48.5 Å². The maximum absolute atomic E-state index is 6.09. The van der Waals surface area contributed by atoms with Crippen molar-refractivity contribution in [1.29, 1.82) is 0 Å². The van der Waals surface area contributed by atoms with Crippen LogP contribution in [0.1, 0.15) is 6.92 Å². The lowest BCUT2D eigenvalue weighted by Crippen LogP contribution is -2.22. The first-order chi connectivity index (χ1) is 11.2. The number of hydrogen-bond donors (Lipinski definition) is 1. The normalized spacial score (nSPS) is 11.8. The summed E-state index contributed by atoms with van der Waals surface area (Å²) >= 11 is 6.09. The minimum atomic E-state index is -0.00692. The van der Waals surface area contributed by atoms with Crippen LogP contribution < -0.4 is 14.8 Å². The van der Waals surface area contributed by atoms with Gasteiger partial charge in [-0.3, -0.25) is 0 Å². The molecule has 0 fully saturated rings. The second-order valence-electron chi connectivity index (χ2n) is 5.11. The number of benzene rings is 2. The SMILES string of the molecule is COCCOc1ccc(NCC(C)Oc2ccccc2Cl)cc1. The van der Waals surface area contributed by atoms with Gasteiger partial charge in [0.1, 0.15) is 24.2 Å². The molecule has 23 heavy (non-hydrogen) atoms. The lowest BCUT2D eigenvalue weighted by molar-refractivity contribution is 0.146. The van der Waals surface area contributed by atoms with Gasteiger partial charge in [0.05, 0.1) is 18.2 Å². The topological polar surface area (TPSA) is 39.7 Å². The molecule has 2 aromatic carbocycles. The van der Waals surface area contributed by atoms with Crippen molar-refractivity contribution in [2.45, 2.75) is 13.0 Å². The Hall–Kier alpha value is -1.91. The van der Waals surface area contributed by atoms with Crippen LogP contribution in [0.2, 0.25) is 5.02 Å². The lowest BCUT2D eigenvalue weighted by atomic mass is 10.3. The number of methoxy groups -OCH3 is 1. The highest BCUT2D eigenvalue weighted by atomic mass is 35.5. The van der Waals surface area contributed by atoms with E-state index in [-0.39, 0.29) is 6.10 Å². The fourth-order valence-electron chi connectivity index (χ4n) is 1.97. The quantitative estimate of drug-likeness (QED) is 0.696. The molecule has 5 heteroatoms. The van der Waals surface area contributed by atoms with E-state index < -0.39 is 0 Å². The highest BCUT2D eigenvalue weighted by Gasteiger charge is 2.06. The maximum Gasteiger partial charge on any atom is 0.138 e.